The summed E-state index contributed by atoms with van der Waals surface area (Å²) < 4.78 is 26.9. The zero-order valence-electron chi connectivity index (χ0n) is 13.6. The number of rotatable bonds is 5. The molecule has 9 heteroatoms. The van der Waals surface area contributed by atoms with Crippen molar-refractivity contribution in [3.05, 3.63) is 70.2 Å². The Hall–Kier alpha value is -2.42. The van der Waals surface area contributed by atoms with E-state index in [1.165, 1.54) is 17.5 Å². The summed E-state index contributed by atoms with van der Waals surface area (Å²) in [6.07, 6.45) is 0. The van der Waals surface area contributed by atoms with Crippen LogP contribution in [0.1, 0.15) is 16.1 Å². The molecule has 0 fully saturated rings. The van der Waals surface area contributed by atoms with Crippen molar-refractivity contribution in [1.82, 2.24) is 4.98 Å². The number of aryl methyl sites for hydroxylation is 1. The van der Waals surface area contributed by atoms with Crippen molar-refractivity contribution in [3.63, 3.8) is 0 Å². The zero-order valence-corrected chi connectivity index (χ0v) is 16.0. The fourth-order valence-corrected chi connectivity index (χ4v) is 4.21. The highest BCUT2D eigenvalue weighted by molar-refractivity contribution is 7.93. The van der Waals surface area contributed by atoms with E-state index in [-0.39, 0.29) is 15.7 Å². The van der Waals surface area contributed by atoms with Crippen LogP contribution in [-0.2, 0) is 10.0 Å². The summed E-state index contributed by atoms with van der Waals surface area (Å²) in [5.74, 6) is -0.452. The van der Waals surface area contributed by atoms with Crippen molar-refractivity contribution < 1.29 is 13.2 Å². The number of amides is 1. The van der Waals surface area contributed by atoms with Gasteiger partial charge >= 0.3 is 0 Å². The Morgan fingerprint density at radius 2 is 1.88 bits per heavy atom. The maximum absolute atomic E-state index is 12.3. The topological polar surface area (TPSA) is 88.2 Å². The van der Waals surface area contributed by atoms with Crippen LogP contribution in [0.3, 0.4) is 0 Å². The van der Waals surface area contributed by atoms with Crippen molar-refractivity contribution in [2.75, 3.05) is 10.0 Å². The molecule has 1 amide bonds. The second-order valence-corrected chi connectivity index (χ2v) is 8.32. The van der Waals surface area contributed by atoms with E-state index in [0.717, 1.165) is 16.9 Å². The molecule has 0 spiro atoms. The van der Waals surface area contributed by atoms with Gasteiger partial charge in [-0.2, -0.15) is 0 Å². The number of nitrogens with one attached hydrogen (secondary N) is 2. The SMILES string of the molecule is Cc1ccc(NC(=O)c2csc(NS(=O)(=O)c3ccccc3)n2)cc1Cl. The second kappa shape index (κ2) is 7.45. The normalized spacial score (nSPS) is 11.2. The molecule has 1 aromatic heterocycles. The average Bonchev–Trinajstić information content (AvgIpc) is 3.07. The standard InChI is InChI=1S/C17H14ClN3O3S2/c1-11-7-8-12(9-14(11)18)19-16(22)15-10-25-17(20-15)21-26(23,24)13-5-3-2-4-6-13/h2-10H,1H3,(H,19,22)(H,20,21). The minimum absolute atomic E-state index is 0.109. The van der Waals surface area contributed by atoms with E-state index in [4.69, 9.17) is 11.6 Å². The molecule has 0 saturated heterocycles. The summed E-state index contributed by atoms with van der Waals surface area (Å²) >= 11 is 7.06. The third kappa shape index (κ3) is 4.21. The van der Waals surface area contributed by atoms with Gasteiger partial charge in [0.25, 0.3) is 15.9 Å². The number of hydrogen-bond donors (Lipinski definition) is 2. The van der Waals surface area contributed by atoms with Crippen LogP contribution in [0.4, 0.5) is 10.8 Å². The highest BCUT2D eigenvalue weighted by Gasteiger charge is 2.17. The minimum Gasteiger partial charge on any atom is -0.321 e. The summed E-state index contributed by atoms with van der Waals surface area (Å²) in [5, 5.41) is 4.81. The van der Waals surface area contributed by atoms with Crippen molar-refractivity contribution in [3.8, 4) is 0 Å². The number of hydrogen-bond acceptors (Lipinski definition) is 5. The predicted molar refractivity (Wildman–Crippen MR) is 104 cm³/mol. The lowest BCUT2D eigenvalue weighted by molar-refractivity contribution is 0.102. The lowest BCUT2D eigenvalue weighted by atomic mass is 10.2. The van der Waals surface area contributed by atoms with E-state index in [9.17, 15) is 13.2 Å². The van der Waals surface area contributed by atoms with Crippen LogP contribution < -0.4 is 10.0 Å². The third-order valence-electron chi connectivity index (χ3n) is 3.44. The number of sulfonamides is 1. The minimum atomic E-state index is -3.75. The van der Waals surface area contributed by atoms with Crippen LogP contribution in [-0.4, -0.2) is 19.3 Å². The molecule has 2 aromatic carbocycles. The van der Waals surface area contributed by atoms with Crippen LogP contribution in [0.2, 0.25) is 5.02 Å². The fourth-order valence-electron chi connectivity index (χ4n) is 2.06. The molecule has 3 rings (SSSR count). The number of halogens is 1. The van der Waals surface area contributed by atoms with Gasteiger partial charge in [-0.1, -0.05) is 35.9 Å². The second-order valence-electron chi connectivity index (χ2n) is 5.37. The lowest BCUT2D eigenvalue weighted by Gasteiger charge is -2.05. The first-order valence-corrected chi connectivity index (χ1v) is 10.2. The Bertz CT molecular complexity index is 1050. The molecule has 0 unspecified atom stereocenters. The summed E-state index contributed by atoms with van der Waals surface area (Å²) in [7, 11) is -3.75. The van der Waals surface area contributed by atoms with E-state index in [0.29, 0.717) is 10.7 Å². The van der Waals surface area contributed by atoms with Gasteiger partial charge in [-0.05, 0) is 36.8 Å². The number of benzene rings is 2. The first-order valence-electron chi connectivity index (χ1n) is 7.46. The van der Waals surface area contributed by atoms with Crippen molar-refractivity contribution in [2.24, 2.45) is 0 Å². The molecule has 0 aliphatic rings. The molecular formula is C17H14ClN3O3S2. The number of carbonyl (C=O) groups is 1. The molecule has 26 heavy (non-hydrogen) atoms. The number of anilines is 2. The van der Waals surface area contributed by atoms with E-state index < -0.39 is 15.9 Å². The molecule has 0 atom stereocenters. The Morgan fingerprint density at radius 3 is 2.58 bits per heavy atom. The average molecular weight is 408 g/mol. The van der Waals surface area contributed by atoms with Gasteiger partial charge in [-0.25, -0.2) is 13.4 Å². The quantitative estimate of drug-likeness (QED) is 0.664. The Balaban J connectivity index is 1.73. The number of aromatic nitrogens is 1. The molecule has 6 nitrogen and oxygen atoms in total. The first-order chi connectivity index (χ1) is 12.3. The first kappa shape index (κ1) is 18.4. The molecule has 0 aliphatic carbocycles. The summed E-state index contributed by atoms with van der Waals surface area (Å²) in [4.78, 5) is 16.4. The molecule has 134 valence electrons. The van der Waals surface area contributed by atoms with Gasteiger partial charge in [0.2, 0.25) is 0 Å². The van der Waals surface area contributed by atoms with Gasteiger partial charge in [-0.15, -0.1) is 11.3 Å². The maximum atomic E-state index is 12.3. The smallest absolute Gasteiger partial charge is 0.275 e. The number of nitrogens with zero attached hydrogens (tertiary/aromatic N) is 1. The molecule has 0 radical (unpaired) electrons. The molecule has 0 saturated carbocycles. The predicted octanol–water partition coefficient (Wildman–Crippen LogP) is 4.16. The monoisotopic (exact) mass is 407 g/mol. The third-order valence-corrected chi connectivity index (χ3v) is 6.09. The molecule has 0 aliphatic heterocycles. The number of carbonyl (C=O) groups excluding carboxylic acids is 1. The largest absolute Gasteiger partial charge is 0.321 e. The van der Waals surface area contributed by atoms with Gasteiger partial charge in [0.1, 0.15) is 5.69 Å². The van der Waals surface area contributed by atoms with E-state index in [2.05, 4.69) is 15.0 Å². The maximum Gasteiger partial charge on any atom is 0.275 e. The molecule has 0 bridgehead atoms. The summed E-state index contributed by atoms with van der Waals surface area (Å²) in [6.45, 7) is 1.86. The summed E-state index contributed by atoms with van der Waals surface area (Å²) in [5.41, 5.74) is 1.54. The van der Waals surface area contributed by atoms with Gasteiger partial charge < -0.3 is 5.32 Å². The van der Waals surface area contributed by atoms with Crippen molar-refractivity contribution in [2.45, 2.75) is 11.8 Å². The van der Waals surface area contributed by atoms with Gasteiger partial charge in [0.05, 0.1) is 4.90 Å². The van der Waals surface area contributed by atoms with E-state index >= 15 is 0 Å². The van der Waals surface area contributed by atoms with Gasteiger partial charge in [0, 0.05) is 16.1 Å². The zero-order chi connectivity index (χ0) is 18.7. The molecule has 2 N–H and O–H groups in total. The summed E-state index contributed by atoms with van der Waals surface area (Å²) in [6, 6.07) is 13.1. The highest BCUT2D eigenvalue weighted by Crippen LogP contribution is 2.23. The molecular weight excluding hydrogens is 394 g/mol. The fraction of sp³-hybridized carbons (Fsp3) is 0.0588. The van der Waals surface area contributed by atoms with Crippen LogP contribution in [0, 0.1) is 6.92 Å². The van der Waals surface area contributed by atoms with Crippen molar-refractivity contribution >= 4 is 49.7 Å². The van der Waals surface area contributed by atoms with Crippen LogP contribution >= 0.6 is 22.9 Å². The Kier molecular flexibility index (Phi) is 5.26. The van der Waals surface area contributed by atoms with Crippen molar-refractivity contribution in [1.29, 1.82) is 0 Å². The van der Waals surface area contributed by atoms with Gasteiger partial charge in [0.15, 0.2) is 5.13 Å². The van der Waals surface area contributed by atoms with Crippen LogP contribution in [0.25, 0.3) is 0 Å². The molecule has 1 heterocycles. The van der Waals surface area contributed by atoms with Gasteiger partial charge in [-0.3, -0.25) is 9.52 Å². The number of thiazole rings is 1. The Labute approximate surface area is 159 Å². The molecule has 3 aromatic rings. The van der Waals surface area contributed by atoms with Crippen LogP contribution in [0.15, 0.2) is 58.8 Å². The lowest BCUT2D eigenvalue weighted by Crippen LogP contribution is -2.14. The van der Waals surface area contributed by atoms with E-state index in [1.807, 2.05) is 6.92 Å². The van der Waals surface area contributed by atoms with E-state index in [1.54, 1.807) is 36.4 Å². The van der Waals surface area contributed by atoms with Crippen LogP contribution in [0.5, 0.6) is 0 Å². The highest BCUT2D eigenvalue weighted by atomic mass is 35.5. The Morgan fingerprint density at radius 1 is 1.15 bits per heavy atom.